The minimum atomic E-state index is -0.434. The Morgan fingerprint density at radius 3 is 2.39 bits per heavy atom. The number of amides is 1. The van der Waals surface area contributed by atoms with Gasteiger partial charge in [0.25, 0.3) is 0 Å². The lowest BCUT2D eigenvalue weighted by atomic mass is 10.1. The van der Waals surface area contributed by atoms with Crippen LogP contribution in [0.5, 0.6) is 0 Å². The molecule has 0 unspecified atom stereocenters. The van der Waals surface area contributed by atoms with E-state index in [1.165, 1.54) is 0 Å². The Labute approximate surface area is 111 Å². The van der Waals surface area contributed by atoms with E-state index in [4.69, 9.17) is 11.6 Å². The molecular weight excluding hydrogens is 252 g/mol. The Balaban J connectivity index is 2.17. The SMILES string of the molecule is CN(C)c1ccc(N2C[C@@H](C(=O)Cl)CC2=O)cc1. The highest BCUT2D eigenvalue weighted by Gasteiger charge is 2.34. The van der Waals surface area contributed by atoms with Crippen molar-refractivity contribution < 1.29 is 9.59 Å². The van der Waals surface area contributed by atoms with Gasteiger partial charge >= 0.3 is 0 Å². The van der Waals surface area contributed by atoms with Crippen LogP contribution in [-0.4, -0.2) is 31.8 Å². The zero-order valence-electron chi connectivity index (χ0n) is 10.4. The smallest absolute Gasteiger partial charge is 0.227 e. The van der Waals surface area contributed by atoms with E-state index in [1.54, 1.807) is 4.90 Å². The summed E-state index contributed by atoms with van der Waals surface area (Å²) in [6.07, 6.45) is 0.206. The van der Waals surface area contributed by atoms with Gasteiger partial charge in [-0.15, -0.1) is 0 Å². The third-order valence-electron chi connectivity index (χ3n) is 3.12. The lowest BCUT2D eigenvalue weighted by Gasteiger charge is -2.18. The Morgan fingerprint density at radius 1 is 1.33 bits per heavy atom. The summed E-state index contributed by atoms with van der Waals surface area (Å²) < 4.78 is 0. The van der Waals surface area contributed by atoms with Gasteiger partial charge in [0.15, 0.2) is 0 Å². The number of anilines is 2. The molecule has 2 rings (SSSR count). The van der Waals surface area contributed by atoms with Crippen molar-refractivity contribution in [3.05, 3.63) is 24.3 Å². The minimum absolute atomic E-state index is 0.0494. The van der Waals surface area contributed by atoms with E-state index in [9.17, 15) is 9.59 Å². The molecule has 1 heterocycles. The Hall–Kier alpha value is -1.55. The zero-order chi connectivity index (χ0) is 13.3. The summed E-state index contributed by atoms with van der Waals surface area (Å²) in [5, 5.41) is -0.434. The topological polar surface area (TPSA) is 40.6 Å². The fourth-order valence-corrected chi connectivity index (χ4v) is 2.19. The molecule has 1 aliphatic heterocycles. The minimum Gasteiger partial charge on any atom is -0.378 e. The maximum Gasteiger partial charge on any atom is 0.227 e. The molecule has 0 aliphatic carbocycles. The van der Waals surface area contributed by atoms with Crippen LogP contribution < -0.4 is 9.80 Å². The van der Waals surface area contributed by atoms with E-state index in [2.05, 4.69) is 0 Å². The average molecular weight is 267 g/mol. The van der Waals surface area contributed by atoms with Crippen molar-refractivity contribution in [3.63, 3.8) is 0 Å². The third-order valence-corrected chi connectivity index (χ3v) is 3.43. The summed E-state index contributed by atoms with van der Waals surface area (Å²) >= 11 is 5.44. The lowest BCUT2D eigenvalue weighted by molar-refractivity contribution is -0.120. The van der Waals surface area contributed by atoms with E-state index in [-0.39, 0.29) is 18.2 Å². The largest absolute Gasteiger partial charge is 0.378 e. The summed E-state index contributed by atoms with van der Waals surface area (Å²) in [7, 11) is 3.91. The third kappa shape index (κ3) is 2.48. The second-order valence-electron chi connectivity index (χ2n) is 4.62. The van der Waals surface area contributed by atoms with Crippen LogP contribution in [0.2, 0.25) is 0 Å². The van der Waals surface area contributed by atoms with Gasteiger partial charge in [0.2, 0.25) is 11.1 Å². The van der Waals surface area contributed by atoms with Gasteiger partial charge < -0.3 is 9.80 Å². The first-order valence-corrected chi connectivity index (χ1v) is 6.14. The molecule has 1 aromatic carbocycles. The van der Waals surface area contributed by atoms with Gasteiger partial charge in [-0.3, -0.25) is 9.59 Å². The highest BCUT2D eigenvalue weighted by atomic mass is 35.5. The average Bonchev–Trinajstić information content (AvgIpc) is 2.71. The molecule has 1 saturated heterocycles. The normalized spacial score (nSPS) is 19.2. The van der Waals surface area contributed by atoms with Crippen LogP contribution in [0.1, 0.15) is 6.42 Å². The Bertz CT molecular complexity index is 470. The predicted octanol–water partition coefficient (Wildman–Crippen LogP) is 1.87. The molecular formula is C13H15ClN2O2. The number of halogens is 1. The molecule has 96 valence electrons. The van der Waals surface area contributed by atoms with E-state index < -0.39 is 5.24 Å². The van der Waals surface area contributed by atoms with E-state index >= 15 is 0 Å². The summed E-state index contributed by atoms with van der Waals surface area (Å²) in [4.78, 5) is 26.5. The van der Waals surface area contributed by atoms with Crippen LogP contribution in [0, 0.1) is 5.92 Å². The second-order valence-corrected chi connectivity index (χ2v) is 4.99. The van der Waals surface area contributed by atoms with Gasteiger partial charge in [-0.2, -0.15) is 0 Å². The van der Waals surface area contributed by atoms with Gasteiger partial charge in [0.05, 0.1) is 5.92 Å². The van der Waals surface area contributed by atoms with Crippen molar-refractivity contribution in [2.24, 2.45) is 5.92 Å². The molecule has 0 aromatic heterocycles. The van der Waals surface area contributed by atoms with Gasteiger partial charge in [-0.25, -0.2) is 0 Å². The molecule has 1 aliphatic rings. The lowest BCUT2D eigenvalue weighted by Crippen LogP contribution is -2.25. The van der Waals surface area contributed by atoms with Crippen molar-refractivity contribution in [3.8, 4) is 0 Å². The predicted molar refractivity (Wildman–Crippen MR) is 72.1 cm³/mol. The number of hydrogen-bond acceptors (Lipinski definition) is 3. The number of rotatable bonds is 3. The van der Waals surface area contributed by atoms with Gasteiger partial charge in [0.1, 0.15) is 0 Å². The van der Waals surface area contributed by atoms with Crippen LogP contribution >= 0.6 is 11.6 Å². The summed E-state index contributed by atoms with van der Waals surface area (Å²) in [5.74, 6) is -0.431. The number of carbonyl (C=O) groups excluding carboxylic acids is 2. The molecule has 1 fully saturated rings. The van der Waals surface area contributed by atoms with E-state index in [1.807, 2.05) is 43.3 Å². The van der Waals surface area contributed by atoms with Gasteiger partial charge in [0, 0.05) is 38.4 Å². The molecule has 5 heteroatoms. The van der Waals surface area contributed by atoms with Crippen LogP contribution in [0.3, 0.4) is 0 Å². The number of hydrogen-bond donors (Lipinski definition) is 0. The molecule has 0 spiro atoms. The number of nitrogens with zero attached hydrogens (tertiary/aromatic N) is 2. The van der Waals surface area contributed by atoms with Crippen molar-refractivity contribution >= 4 is 34.1 Å². The van der Waals surface area contributed by atoms with Crippen molar-refractivity contribution in [1.29, 1.82) is 0 Å². The molecule has 0 saturated carbocycles. The zero-order valence-corrected chi connectivity index (χ0v) is 11.1. The Morgan fingerprint density at radius 2 is 1.94 bits per heavy atom. The van der Waals surface area contributed by atoms with Crippen molar-refractivity contribution in [2.75, 3.05) is 30.4 Å². The molecule has 0 N–H and O–H groups in total. The number of carbonyl (C=O) groups is 2. The maximum atomic E-state index is 11.8. The number of benzene rings is 1. The van der Waals surface area contributed by atoms with Crippen LogP contribution in [0.15, 0.2) is 24.3 Å². The van der Waals surface area contributed by atoms with Crippen LogP contribution in [0.4, 0.5) is 11.4 Å². The molecule has 0 bridgehead atoms. The van der Waals surface area contributed by atoms with Crippen molar-refractivity contribution in [1.82, 2.24) is 0 Å². The van der Waals surface area contributed by atoms with Crippen molar-refractivity contribution in [2.45, 2.75) is 6.42 Å². The van der Waals surface area contributed by atoms with E-state index in [0.29, 0.717) is 6.54 Å². The first-order chi connectivity index (χ1) is 8.49. The van der Waals surface area contributed by atoms with Crippen LogP contribution in [-0.2, 0) is 9.59 Å². The quantitative estimate of drug-likeness (QED) is 0.785. The van der Waals surface area contributed by atoms with Gasteiger partial charge in [-0.05, 0) is 35.9 Å². The summed E-state index contributed by atoms with van der Waals surface area (Å²) in [5.41, 5.74) is 1.88. The first kappa shape index (κ1) is 12.9. The fraction of sp³-hybridized carbons (Fsp3) is 0.385. The first-order valence-electron chi connectivity index (χ1n) is 5.76. The standard InChI is InChI=1S/C13H15ClN2O2/c1-15(2)10-3-5-11(6-4-10)16-8-9(13(14)18)7-12(16)17/h3-6,9H,7-8H2,1-2H3/t9-/m0/s1. The van der Waals surface area contributed by atoms with Gasteiger partial charge in [-0.1, -0.05) is 0 Å². The summed E-state index contributed by atoms with van der Waals surface area (Å²) in [6.45, 7) is 0.377. The maximum absolute atomic E-state index is 11.8. The summed E-state index contributed by atoms with van der Waals surface area (Å²) in [6, 6.07) is 7.65. The molecule has 1 amide bonds. The molecule has 1 atom stereocenters. The molecule has 18 heavy (non-hydrogen) atoms. The highest BCUT2D eigenvalue weighted by Crippen LogP contribution is 2.27. The fourth-order valence-electron chi connectivity index (χ4n) is 2.04. The highest BCUT2D eigenvalue weighted by molar-refractivity contribution is 6.64. The molecule has 4 nitrogen and oxygen atoms in total. The monoisotopic (exact) mass is 266 g/mol. The van der Waals surface area contributed by atoms with Crippen LogP contribution in [0.25, 0.3) is 0 Å². The molecule has 0 radical (unpaired) electrons. The Kier molecular flexibility index (Phi) is 3.57. The van der Waals surface area contributed by atoms with E-state index in [0.717, 1.165) is 11.4 Å². The molecule has 1 aromatic rings. The second kappa shape index (κ2) is 4.98.